The van der Waals surface area contributed by atoms with Gasteiger partial charge in [0.05, 0.1) is 6.54 Å². The third kappa shape index (κ3) is 2.67. The predicted molar refractivity (Wildman–Crippen MR) is 81.9 cm³/mol. The van der Waals surface area contributed by atoms with Gasteiger partial charge in [0, 0.05) is 30.9 Å². The summed E-state index contributed by atoms with van der Waals surface area (Å²) in [7, 11) is 1.96. The Balaban J connectivity index is 1.98. The van der Waals surface area contributed by atoms with Crippen LogP contribution in [0.15, 0.2) is 30.9 Å². The molecule has 0 aliphatic carbocycles. The lowest BCUT2D eigenvalue weighted by Gasteiger charge is -2.06. The Kier molecular flexibility index (Phi) is 3.96. The molecule has 0 amide bonds. The highest BCUT2D eigenvalue weighted by Gasteiger charge is 2.11. The van der Waals surface area contributed by atoms with Gasteiger partial charge in [-0.05, 0) is 31.2 Å². The zero-order chi connectivity index (χ0) is 14.7. The SMILES string of the molecule is CCCn1ncnc1Cn1cc(CNC)c2cccnc21. The first-order chi connectivity index (χ1) is 10.3. The first-order valence-electron chi connectivity index (χ1n) is 7.27. The van der Waals surface area contributed by atoms with Gasteiger partial charge in [0.1, 0.15) is 17.8 Å². The average molecular weight is 284 g/mol. The molecule has 110 valence electrons. The first kappa shape index (κ1) is 13.8. The smallest absolute Gasteiger partial charge is 0.146 e. The van der Waals surface area contributed by atoms with E-state index in [2.05, 4.69) is 44.1 Å². The van der Waals surface area contributed by atoms with Crippen LogP contribution in [0.1, 0.15) is 24.7 Å². The molecule has 3 aromatic heterocycles. The second kappa shape index (κ2) is 6.05. The quantitative estimate of drug-likeness (QED) is 0.750. The molecule has 6 nitrogen and oxygen atoms in total. The fourth-order valence-corrected chi connectivity index (χ4v) is 2.61. The number of aryl methyl sites for hydroxylation is 1. The predicted octanol–water partition coefficient (Wildman–Crippen LogP) is 1.81. The molecule has 0 spiro atoms. The summed E-state index contributed by atoms with van der Waals surface area (Å²) in [4.78, 5) is 8.90. The van der Waals surface area contributed by atoms with Crippen LogP contribution in [0.25, 0.3) is 11.0 Å². The van der Waals surface area contributed by atoms with Crippen LogP contribution < -0.4 is 5.32 Å². The van der Waals surface area contributed by atoms with Crippen molar-refractivity contribution in [1.82, 2.24) is 29.6 Å². The van der Waals surface area contributed by atoms with Gasteiger partial charge in [-0.3, -0.25) is 0 Å². The summed E-state index contributed by atoms with van der Waals surface area (Å²) in [6, 6.07) is 4.09. The normalized spacial score (nSPS) is 11.3. The van der Waals surface area contributed by atoms with Crippen LogP contribution in [0.5, 0.6) is 0 Å². The van der Waals surface area contributed by atoms with Crippen molar-refractivity contribution in [3.63, 3.8) is 0 Å². The Bertz CT molecular complexity index is 727. The van der Waals surface area contributed by atoms with E-state index in [4.69, 9.17) is 0 Å². The minimum absolute atomic E-state index is 0.692. The molecule has 0 bridgehead atoms. The van der Waals surface area contributed by atoms with Gasteiger partial charge in [-0.2, -0.15) is 5.10 Å². The van der Waals surface area contributed by atoms with Crippen molar-refractivity contribution in [3.8, 4) is 0 Å². The summed E-state index contributed by atoms with van der Waals surface area (Å²) in [5.41, 5.74) is 2.25. The fourth-order valence-electron chi connectivity index (χ4n) is 2.61. The minimum atomic E-state index is 0.692. The average Bonchev–Trinajstić information content (AvgIpc) is 3.07. The van der Waals surface area contributed by atoms with Crippen LogP contribution in [-0.2, 0) is 19.6 Å². The number of nitrogens with one attached hydrogen (secondary N) is 1. The molecule has 0 atom stereocenters. The van der Waals surface area contributed by atoms with Crippen LogP contribution >= 0.6 is 0 Å². The Labute approximate surface area is 123 Å². The lowest BCUT2D eigenvalue weighted by Crippen LogP contribution is -2.10. The molecule has 3 rings (SSSR count). The Hall–Kier alpha value is -2.21. The first-order valence-corrected chi connectivity index (χ1v) is 7.27. The van der Waals surface area contributed by atoms with Crippen molar-refractivity contribution >= 4 is 11.0 Å². The summed E-state index contributed by atoms with van der Waals surface area (Å²) in [5.74, 6) is 0.968. The number of hydrogen-bond donors (Lipinski definition) is 1. The molecular formula is C15H20N6. The highest BCUT2D eigenvalue weighted by Crippen LogP contribution is 2.20. The Morgan fingerprint density at radius 2 is 2.19 bits per heavy atom. The van der Waals surface area contributed by atoms with Gasteiger partial charge in [0.25, 0.3) is 0 Å². The number of fused-ring (bicyclic) bond motifs is 1. The number of rotatable bonds is 6. The molecule has 3 aromatic rings. The lowest BCUT2D eigenvalue weighted by molar-refractivity contribution is 0.556. The Morgan fingerprint density at radius 1 is 1.29 bits per heavy atom. The van der Waals surface area contributed by atoms with Crippen molar-refractivity contribution in [1.29, 1.82) is 0 Å². The van der Waals surface area contributed by atoms with Crippen molar-refractivity contribution in [2.24, 2.45) is 0 Å². The van der Waals surface area contributed by atoms with E-state index < -0.39 is 0 Å². The maximum Gasteiger partial charge on any atom is 0.146 e. The highest BCUT2D eigenvalue weighted by atomic mass is 15.3. The Morgan fingerprint density at radius 3 is 3.00 bits per heavy atom. The fraction of sp³-hybridized carbons (Fsp3) is 0.400. The summed E-state index contributed by atoms with van der Waals surface area (Å²) >= 11 is 0. The molecule has 21 heavy (non-hydrogen) atoms. The second-order valence-corrected chi connectivity index (χ2v) is 5.09. The number of hydrogen-bond acceptors (Lipinski definition) is 4. The summed E-state index contributed by atoms with van der Waals surface area (Å²) in [6.45, 7) is 4.56. The maximum absolute atomic E-state index is 4.52. The molecule has 0 aromatic carbocycles. The van der Waals surface area contributed by atoms with Crippen molar-refractivity contribution in [2.45, 2.75) is 33.0 Å². The van der Waals surface area contributed by atoms with E-state index in [1.165, 1.54) is 10.9 Å². The van der Waals surface area contributed by atoms with Gasteiger partial charge in [-0.15, -0.1) is 0 Å². The highest BCUT2D eigenvalue weighted by molar-refractivity contribution is 5.80. The molecule has 3 heterocycles. The molecule has 1 N–H and O–H groups in total. The minimum Gasteiger partial charge on any atom is -0.325 e. The van der Waals surface area contributed by atoms with Crippen LogP contribution in [-0.4, -0.2) is 31.4 Å². The van der Waals surface area contributed by atoms with Crippen LogP contribution in [0.2, 0.25) is 0 Å². The second-order valence-electron chi connectivity index (χ2n) is 5.09. The van der Waals surface area contributed by atoms with Gasteiger partial charge < -0.3 is 9.88 Å². The van der Waals surface area contributed by atoms with Crippen molar-refractivity contribution < 1.29 is 0 Å². The largest absolute Gasteiger partial charge is 0.325 e. The summed E-state index contributed by atoms with van der Waals surface area (Å²) in [6.07, 6.45) is 6.66. The van der Waals surface area contributed by atoms with E-state index in [0.29, 0.717) is 6.54 Å². The third-order valence-corrected chi connectivity index (χ3v) is 3.53. The van der Waals surface area contributed by atoms with Gasteiger partial charge in [-0.1, -0.05) is 6.92 Å². The van der Waals surface area contributed by atoms with E-state index in [-0.39, 0.29) is 0 Å². The lowest BCUT2D eigenvalue weighted by atomic mass is 10.2. The standard InChI is InChI=1S/C15H20N6/c1-3-7-21-14(18-11-19-21)10-20-9-12(8-16-2)13-5-4-6-17-15(13)20/h4-6,9,11,16H,3,7-8,10H2,1-2H3. The van der Waals surface area contributed by atoms with Crippen LogP contribution in [0.4, 0.5) is 0 Å². The van der Waals surface area contributed by atoms with Gasteiger partial charge in [0.15, 0.2) is 0 Å². The number of pyridine rings is 1. The summed E-state index contributed by atoms with van der Waals surface area (Å²) < 4.78 is 4.12. The monoisotopic (exact) mass is 284 g/mol. The molecule has 6 heteroatoms. The third-order valence-electron chi connectivity index (χ3n) is 3.53. The van der Waals surface area contributed by atoms with Crippen molar-refractivity contribution in [3.05, 3.63) is 42.2 Å². The topological polar surface area (TPSA) is 60.6 Å². The molecule has 0 fully saturated rings. The van der Waals surface area contributed by atoms with Crippen molar-refractivity contribution in [2.75, 3.05) is 7.05 Å². The van der Waals surface area contributed by atoms with E-state index in [1.54, 1.807) is 6.33 Å². The molecule has 0 saturated carbocycles. The van der Waals surface area contributed by atoms with E-state index in [9.17, 15) is 0 Å². The van der Waals surface area contributed by atoms with Crippen LogP contribution in [0.3, 0.4) is 0 Å². The van der Waals surface area contributed by atoms with E-state index in [0.717, 1.165) is 31.0 Å². The van der Waals surface area contributed by atoms with Gasteiger partial charge in [-0.25, -0.2) is 14.6 Å². The maximum atomic E-state index is 4.52. The zero-order valence-corrected chi connectivity index (χ0v) is 12.5. The van der Waals surface area contributed by atoms with E-state index in [1.807, 2.05) is 24.0 Å². The number of aromatic nitrogens is 5. The molecular weight excluding hydrogens is 264 g/mol. The zero-order valence-electron chi connectivity index (χ0n) is 12.5. The van der Waals surface area contributed by atoms with Gasteiger partial charge in [0.2, 0.25) is 0 Å². The molecule has 0 saturated heterocycles. The number of nitrogens with zero attached hydrogens (tertiary/aromatic N) is 5. The summed E-state index contributed by atoms with van der Waals surface area (Å²) in [5, 5.41) is 8.68. The molecule has 0 aliphatic heterocycles. The van der Waals surface area contributed by atoms with Crippen LogP contribution in [0, 0.1) is 0 Å². The molecule has 0 aliphatic rings. The molecule has 0 unspecified atom stereocenters. The van der Waals surface area contributed by atoms with Gasteiger partial charge >= 0.3 is 0 Å². The molecule has 0 radical (unpaired) electrons. The van der Waals surface area contributed by atoms with E-state index >= 15 is 0 Å².